The Kier molecular flexibility index (Phi) is 8.42. The predicted octanol–water partition coefficient (Wildman–Crippen LogP) is 5.99. The number of amides is 1. The number of rotatable bonds is 8. The summed E-state index contributed by atoms with van der Waals surface area (Å²) in [7, 11) is -4.00. The van der Waals surface area contributed by atoms with Crippen molar-refractivity contribution in [2.45, 2.75) is 45.2 Å². The molecular formula is C26H28Cl2N2O3S. The molecule has 3 rings (SSSR count). The Bertz CT molecular complexity index is 1270. The Morgan fingerprint density at radius 2 is 1.56 bits per heavy atom. The topological polar surface area (TPSA) is 66.5 Å². The molecular weight excluding hydrogens is 491 g/mol. The highest BCUT2D eigenvalue weighted by Gasteiger charge is 2.30. The third-order valence-electron chi connectivity index (χ3n) is 5.54. The van der Waals surface area contributed by atoms with E-state index in [9.17, 15) is 13.2 Å². The van der Waals surface area contributed by atoms with Crippen molar-refractivity contribution < 1.29 is 13.2 Å². The Hall–Kier alpha value is -2.38. The maximum absolute atomic E-state index is 13.8. The summed E-state index contributed by atoms with van der Waals surface area (Å²) < 4.78 is 28.8. The largest absolute Gasteiger partial charge is 0.348 e. The van der Waals surface area contributed by atoms with Crippen molar-refractivity contribution in [2.24, 2.45) is 0 Å². The van der Waals surface area contributed by atoms with Gasteiger partial charge in [0.25, 0.3) is 0 Å². The molecule has 180 valence electrons. The first-order valence-corrected chi connectivity index (χ1v) is 13.0. The fraction of sp³-hybridized carbons (Fsp3) is 0.269. The number of nitrogens with one attached hydrogen (secondary N) is 1. The van der Waals surface area contributed by atoms with Crippen LogP contribution in [-0.4, -0.2) is 25.2 Å². The summed E-state index contributed by atoms with van der Waals surface area (Å²) in [5.74, 6) is -0.401. The SMILES string of the molecule is Cc1cc(C)c(S(=O)(=O)N(CC(=O)N[C@@H](C)c2ccccc2)Cc2ccc(Cl)c(Cl)c2)c(C)c1. The first-order chi connectivity index (χ1) is 16.0. The van der Waals surface area contributed by atoms with Crippen molar-refractivity contribution in [1.82, 2.24) is 9.62 Å². The molecule has 3 aromatic rings. The smallest absolute Gasteiger partial charge is 0.244 e. The summed E-state index contributed by atoms with van der Waals surface area (Å²) in [5.41, 5.74) is 3.80. The van der Waals surface area contributed by atoms with E-state index in [2.05, 4.69) is 5.32 Å². The number of sulfonamides is 1. The minimum atomic E-state index is -4.00. The van der Waals surface area contributed by atoms with Crippen LogP contribution in [-0.2, 0) is 21.4 Å². The molecule has 0 fully saturated rings. The lowest BCUT2D eigenvalue weighted by atomic mass is 10.1. The van der Waals surface area contributed by atoms with Gasteiger partial charge in [-0.25, -0.2) is 8.42 Å². The van der Waals surface area contributed by atoms with E-state index in [4.69, 9.17) is 23.2 Å². The summed E-state index contributed by atoms with van der Waals surface area (Å²) in [6.07, 6.45) is 0. The van der Waals surface area contributed by atoms with Crippen molar-refractivity contribution in [1.29, 1.82) is 0 Å². The minimum absolute atomic E-state index is 0.0287. The number of carbonyl (C=O) groups is 1. The standard InChI is InChI=1S/C26H28Cl2N2O3S/c1-17-12-18(2)26(19(3)13-17)34(32,33)30(15-21-10-11-23(27)24(28)14-21)16-25(31)29-20(4)22-8-6-5-7-9-22/h5-14,20H,15-16H2,1-4H3,(H,29,31)/t20-/m0/s1. The quantitative estimate of drug-likeness (QED) is 0.398. The van der Waals surface area contributed by atoms with Crippen molar-refractivity contribution >= 4 is 39.1 Å². The number of halogens is 2. The molecule has 1 N–H and O–H groups in total. The number of nitrogens with zero attached hydrogens (tertiary/aromatic N) is 1. The van der Waals surface area contributed by atoms with E-state index in [1.807, 2.05) is 56.3 Å². The molecule has 0 saturated carbocycles. The second-order valence-corrected chi connectivity index (χ2v) is 11.1. The lowest BCUT2D eigenvalue weighted by Crippen LogP contribution is -2.41. The van der Waals surface area contributed by atoms with E-state index in [-0.39, 0.29) is 24.0 Å². The van der Waals surface area contributed by atoms with E-state index < -0.39 is 15.9 Å². The Morgan fingerprint density at radius 1 is 0.941 bits per heavy atom. The Morgan fingerprint density at radius 3 is 2.15 bits per heavy atom. The number of hydrogen-bond donors (Lipinski definition) is 1. The van der Waals surface area contributed by atoms with E-state index in [0.29, 0.717) is 26.7 Å². The highest BCUT2D eigenvalue weighted by molar-refractivity contribution is 7.89. The molecule has 1 amide bonds. The van der Waals surface area contributed by atoms with E-state index in [1.165, 1.54) is 4.31 Å². The normalized spacial score (nSPS) is 12.6. The third-order valence-corrected chi connectivity index (χ3v) is 8.38. The van der Waals surface area contributed by atoms with Gasteiger partial charge in [0.15, 0.2) is 0 Å². The highest BCUT2D eigenvalue weighted by atomic mass is 35.5. The van der Waals surface area contributed by atoms with Crippen molar-refractivity contribution in [3.8, 4) is 0 Å². The molecule has 0 radical (unpaired) electrons. The maximum atomic E-state index is 13.8. The molecule has 0 aromatic heterocycles. The van der Waals surface area contributed by atoms with E-state index >= 15 is 0 Å². The first-order valence-electron chi connectivity index (χ1n) is 10.8. The van der Waals surface area contributed by atoms with Crippen molar-refractivity contribution in [2.75, 3.05) is 6.54 Å². The van der Waals surface area contributed by atoms with E-state index in [0.717, 1.165) is 11.1 Å². The van der Waals surface area contributed by atoms with Crippen LogP contribution >= 0.6 is 23.2 Å². The fourth-order valence-electron chi connectivity index (χ4n) is 4.04. The lowest BCUT2D eigenvalue weighted by Gasteiger charge is -2.25. The molecule has 0 aliphatic heterocycles. The van der Waals surface area contributed by atoms with Gasteiger partial charge in [-0.15, -0.1) is 0 Å². The van der Waals surface area contributed by atoms with E-state index in [1.54, 1.807) is 32.0 Å². The van der Waals surface area contributed by atoms with Crippen LogP contribution in [0, 0.1) is 20.8 Å². The first kappa shape index (κ1) is 26.2. The average Bonchev–Trinajstić information content (AvgIpc) is 2.75. The van der Waals surface area contributed by atoms with Gasteiger partial charge in [0, 0.05) is 6.54 Å². The molecule has 5 nitrogen and oxygen atoms in total. The molecule has 34 heavy (non-hydrogen) atoms. The zero-order chi connectivity index (χ0) is 25.0. The molecule has 1 atom stereocenters. The molecule has 0 aliphatic carbocycles. The molecule has 0 aliphatic rings. The maximum Gasteiger partial charge on any atom is 0.244 e. The summed E-state index contributed by atoms with van der Waals surface area (Å²) in [6, 6.07) is 17.8. The fourth-order valence-corrected chi connectivity index (χ4v) is 6.16. The Balaban J connectivity index is 1.95. The van der Waals surface area contributed by atoms with Gasteiger partial charge in [0.05, 0.1) is 27.5 Å². The van der Waals surface area contributed by atoms with Crippen LogP contribution in [0.25, 0.3) is 0 Å². The van der Waals surface area contributed by atoms with Crippen LogP contribution in [0.2, 0.25) is 10.0 Å². The molecule has 0 unspecified atom stereocenters. The molecule has 0 bridgehead atoms. The summed E-state index contributed by atoms with van der Waals surface area (Å²) in [6.45, 7) is 6.94. The molecule has 0 heterocycles. The van der Waals surface area contributed by atoms with Crippen molar-refractivity contribution in [3.05, 3.63) is 98.5 Å². The van der Waals surface area contributed by atoms with Gasteiger partial charge in [-0.05, 0) is 62.1 Å². The second-order valence-electron chi connectivity index (χ2n) is 8.45. The number of aryl methyl sites for hydroxylation is 3. The highest BCUT2D eigenvalue weighted by Crippen LogP contribution is 2.28. The second kappa shape index (κ2) is 10.9. The van der Waals surface area contributed by atoms with Crippen LogP contribution in [0.4, 0.5) is 0 Å². The summed E-state index contributed by atoms with van der Waals surface area (Å²) in [5, 5.41) is 3.60. The summed E-state index contributed by atoms with van der Waals surface area (Å²) >= 11 is 12.2. The molecule has 0 saturated heterocycles. The van der Waals surface area contributed by atoms with Gasteiger partial charge in [-0.2, -0.15) is 4.31 Å². The third kappa shape index (κ3) is 6.19. The van der Waals surface area contributed by atoms with Crippen LogP contribution < -0.4 is 5.32 Å². The van der Waals surface area contributed by atoms with Crippen LogP contribution in [0.3, 0.4) is 0 Å². The number of benzene rings is 3. The Labute approximate surface area is 211 Å². The van der Waals surface area contributed by atoms with Crippen LogP contribution in [0.5, 0.6) is 0 Å². The molecule has 8 heteroatoms. The lowest BCUT2D eigenvalue weighted by molar-refractivity contribution is -0.122. The minimum Gasteiger partial charge on any atom is -0.348 e. The van der Waals surface area contributed by atoms with Gasteiger partial charge < -0.3 is 5.32 Å². The molecule has 0 spiro atoms. The van der Waals surface area contributed by atoms with Gasteiger partial charge in [0.2, 0.25) is 15.9 Å². The van der Waals surface area contributed by atoms with Gasteiger partial charge in [-0.1, -0.05) is 77.3 Å². The monoisotopic (exact) mass is 518 g/mol. The van der Waals surface area contributed by atoms with Crippen molar-refractivity contribution in [3.63, 3.8) is 0 Å². The van der Waals surface area contributed by atoms with Gasteiger partial charge >= 0.3 is 0 Å². The van der Waals surface area contributed by atoms with Gasteiger partial charge in [0.1, 0.15) is 0 Å². The zero-order valence-corrected chi connectivity index (χ0v) is 21.9. The molecule has 3 aromatic carbocycles. The predicted molar refractivity (Wildman–Crippen MR) is 138 cm³/mol. The summed E-state index contributed by atoms with van der Waals surface area (Å²) in [4.78, 5) is 13.2. The van der Waals surface area contributed by atoms with Crippen LogP contribution in [0.15, 0.2) is 65.6 Å². The average molecular weight is 519 g/mol. The zero-order valence-electron chi connectivity index (χ0n) is 19.6. The number of hydrogen-bond acceptors (Lipinski definition) is 3. The number of carbonyl (C=O) groups excluding carboxylic acids is 1. The van der Waals surface area contributed by atoms with Crippen LogP contribution in [0.1, 0.15) is 40.8 Å². The van der Waals surface area contributed by atoms with Gasteiger partial charge in [-0.3, -0.25) is 4.79 Å².